The quantitative estimate of drug-likeness (QED) is 0.742. The van der Waals surface area contributed by atoms with Crippen LogP contribution in [-0.4, -0.2) is 40.6 Å². The van der Waals surface area contributed by atoms with Crippen LogP contribution in [0.2, 0.25) is 5.32 Å². The maximum absolute atomic E-state index is 5.73. The number of aliphatic imine (C=N–C) groups is 1. The van der Waals surface area contributed by atoms with Gasteiger partial charge in [0.2, 0.25) is 0 Å². The summed E-state index contributed by atoms with van der Waals surface area (Å²) in [7, 11) is 1.70. The molecule has 1 atom stereocenters. The van der Waals surface area contributed by atoms with Gasteiger partial charge in [0.25, 0.3) is 0 Å². The summed E-state index contributed by atoms with van der Waals surface area (Å²) in [4.78, 5) is 4.70. The summed E-state index contributed by atoms with van der Waals surface area (Å²) < 4.78 is 12.3. The van der Waals surface area contributed by atoms with Gasteiger partial charge < -0.3 is 0 Å². The first-order valence-electron chi connectivity index (χ1n) is 7.38. The molecule has 3 nitrogen and oxygen atoms in total. The molecule has 114 valence electrons. The summed E-state index contributed by atoms with van der Waals surface area (Å²) in [6, 6.07) is 18.8. The van der Waals surface area contributed by atoms with Gasteiger partial charge in [0.05, 0.1) is 0 Å². The monoisotopic (exact) mass is 361 g/mol. The zero-order chi connectivity index (χ0) is 15.2. The van der Waals surface area contributed by atoms with Crippen LogP contribution in [0.3, 0.4) is 0 Å². The molecule has 2 aromatic rings. The summed E-state index contributed by atoms with van der Waals surface area (Å²) in [5, 5.41) is 1.18. The minimum atomic E-state index is 0.301. The van der Waals surface area contributed by atoms with Gasteiger partial charge >= 0.3 is 137 Å². The Morgan fingerprint density at radius 2 is 1.91 bits per heavy atom. The molecule has 0 saturated heterocycles. The Bertz CT molecular complexity index is 625. The Labute approximate surface area is 137 Å². The van der Waals surface area contributed by atoms with Crippen LogP contribution in [-0.2, 0) is 4.74 Å². The number of ether oxygens (including phenoxy) is 2. The summed E-state index contributed by atoms with van der Waals surface area (Å²) in [6.07, 6.45) is 1.09. The maximum atomic E-state index is 5.73. The number of hydrogen-bond acceptors (Lipinski definition) is 3. The normalized spacial score (nSPS) is 17.0. The van der Waals surface area contributed by atoms with Crippen LogP contribution in [0, 0.1) is 0 Å². The van der Waals surface area contributed by atoms with E-state index in [2.05, 4.69) is 12.1 Å². The average molecular weight is 360 g/mol. The number of benzene rings is 2. The molecule has 0 N–H and O–H groups in total. The molecule has 1 heterocycles. The van der Waals surface area contributed by atoms with Crippen molar-refractivity contribution in [1.82, 2.24) is 0 Å². The van der Waals surface area contributed by atoms with Crippen LogP contribution < -0.4 is 9.20 Å². The number of methoxy groups -OCH3 is 1. The Morgan fingerprint density at radius 1 is 1.14 bits per heavy atom. The second-order valence-electron chi connectivity index (χ2n) is 5.08. The van der Waals surface area contributed by atoms with Crippen molar-refractivity contribution >= 4 is 25.3 Å². The molecule has 0 unspecified atom stereocenters. The van der Waals surface area contributed by atoms with Gasteiger partial charge in [-0.3, -0.25) is 0 Å². The van der Waals surface area contributed by atoms with Gasteiger partial charge in [0.1, 0.15) is 0 Å². The van der Waals surface area contributed by atoms with Gasteiger partial charge in [-0.05, 0) is 0 Å². The van der Waals surface area contributed by atoms with E-state index in [1.807, 2.05) is 42.5 Å². The van der Waals surface area contributed by atoms with E-state index in [-0.39, 0.29) is 0 Å². The van der Waals surface area contributed by atoms with Crippen LogP contribution in [0.25, 0.3) is 0 Å². The van der Waals surface area contributed by atoms with Crippen molar-refractivity contribution in [2.24, 2.45) is 4.99 Å². The Morgan fingerprint density at radius 3 is 2.64 bits per heavy atom. The van der Waals surface area contributed by atoms with Gasteiger partial charge in [-0.1, -0.05) is 0 Å². The zero-order valence-electron chi connectivity index (χ0n) is 12.6. The second kappa shape index (κ2) is 7.48. The summed E-state index contributed by atoms with van der Waals surface area (Å²) in [5.41, 5.74) is 1.07. The van der Waals surface area contributed by atoms with Crippen molar-refractivity contribution in [3.05, 3.63) is 60.2 Å². The third-order valence-electron chi connectivity index (χ3n) is 3.51. The Hall–Kier alpha value is -1.77. The molecule has 4 heteroatoms. The fourth-order valence-corrected chi connectivity index (χ4v) is 4.29. The SMILES string of the molecule is COc1ccc([Se]CC[C@H]2COC(c3ccccc3)=N2)cc1. The van der Waals surface area contributed by atoms with Crippen molar-refractivity contribution in [3.8, 4) is 5.75 Å². The van der Waals surface area contributed by atoms with Crippen LogP contribution in [0.4, 0.5) is 0 Å². The molecule has 0 aromatic heterocycles. The van der Waals surface area contributed by atoms with Gasteiger partial charge in [-0.15, -0.1) is 0 Å². The van der Waals surface area contributed by atoms with Crippen LogP contribution >= 0.6 is 0 Å². The number of hydrogen-bond donors (Lipinski definition) is 0. The van der Waals surface area contributed by atoms with Crippen molar-refractivity contribution in [3.63, 3.8) is 0 Å². The van der Waals surface area contributed by atoms with E-state index in [4.69, 9.17) is 14.5 Å². The van der Waals surface area contributed by atoms with Crippen LogP contribution in [0.1, 0.15) is 12.0 Å². The Balaban J connectivity index is 1.49. The van der Waals surface area contributed by atoms with Gasteiger partial charge in [0.15, 0.2) is 0 Å². The summed E-state index contributed by atoms with van der Waals surface area (Å²) >= 11 is 0.483. The predicted molar refractivity (Wildman–Crippen MR) is 90.5 cm³/mol. The third kappa shape index (κ3) is 3.90. The molecule has 2 aromatic carbocycles. The predicted octanol–water partition coefficient (Wildman–Crippen LogP) is 2.68. The molecule has 0 radical (unpaired) electrons. The van der Waals surface area contributed by atoms with Crippen molar-refractivity contribution in [1.29, 1.82) is 0 Å². The average Bonchev–Trinajstić information content (AvgIpc) is 3.05. The molecule has 1 aliphatic rings. The topological polar surface area (TPSA) is 30.8 Å². The third-order valence-corrected chi connectivity index (χ3v) is 5.71. The van der Waals surface area contributed by atoms with Gasteiger partial charge in [-0.25, -0.2) is 0 Å². The van der Waals surface area contributed by atoms with Crippen LogP contribution in [0.15, 0.2) is 59.6 Å². The van der Waals surface area contributed by atoms with E-state index >= 15 is 0 Å². The number of rotatable bonds is 6. The Kier molecular flexibility index (Phi) is 5.15. The molecular formula is C18H19NO2Se. The first-order valence-corrected chi connectivity index (χ1v) is 9.45. The molecule has 0 bridgehead atoms. The molecule has 0 aliphatic carbocycles. The molecule has 0 spiro atoms. The standard InChI is InChI=1S/C18H19NO2Se/c1-20-16-7-9-17(10-8-16)22-12-11-15-13-21-18(19-15)14-5-3-2-4-6-14/h2-10,15H,11-13H2,1H3/t15-/m0/s1. The van der Waals surface area contributed by atoms with Gasteiger partial charge in [-0.2, -0.15) is 0 Å². The van der Waals surface area contributed by atoms with Gasteiger partial charge in [0, 0.05) is 0 Å². The van der Waals surface area contributed by atoms with Crippen molar-refractivity contribution in [2.75, 3.05) is 13.7 Å². The zero-order valence-corrected chi connectivity index (χ0v) is 14.3. The van der Waals surface area contributed by atoms with E-state index in [9.17, 15) is 0 Å². The molecule has 0 amide bonds. The first-order chi connectivity index (χ1) is 10.8. The van der Waals surface area contributed by atoms with E-state index in [0.29, 0.717) is 27.6 Å². The number of nitrogens with zero attached hydrogens (tertiary/aromatic N) is 1. The second-order valence-corrected chi connectivity index (χ2v) is 7.53. The first kappa shape index (κ1) is 15.1. The van der Waals surface area contributed by atoms with E-state index in [0.717, 1.165) is 23.6 Å². The molecule has 0 fully saturated rings. The molecule has 22 heavy (non-hydrogen) atoms. The fourth-order valence-electron chi connectivity index (χ4n) is 2.29. The summed E-state index contributed by atoms with van der Waals surface area (Å²) in [6.45, 7) is 0.711. The molecule has 0 saturated carbocycles. The fraction of sp³-hybridized carbons (Fsp3) is 0.278. The summed E-state index contributed by atoms with van der Waals surface area (Å²) in [5.74, 6) is 1.71. The van der Waals surface area contributed by atoms with E-state index in [1.165, 1.54) is 9.78 Å². The molecular weight excluding hydrogens is 341 g/mol. The molecule has 3 rings (SSSR count). The van der Waals surface area contributed by atoms with Crippen LogP contribution in [0.5, 0.6) is 5.75 Å². The minimum absolute atomic E-state index is 0.301. The van der Waals surface area contributed by atoms with Crippen molar-refractivity contribution < 1.29 is 9.47 Å². The van der Waals surface area contributed by atoms with Crippen molar-refractivity contribution in [2.45, 2.75) is 17.8 Å². The van der Waals surface area contributed by atoms with E-state index in [1.54, 1.807) is 7.11 Å². The molecule has 1 aliphatic heterocycles. The van der Waals surface area contributed by atoms with E-state index < -0.39 is 0 Å².